The van der Waals surface area contributed by atoms with Crippen molar-refractivity contribution in [3.63, 3.8) is 0 Å². The van der Waals surface area contributed by atoms with Gasteiger partial charge in [0, 0.05) is 6.42 Å². The lowest BCUT2D eigenvalue weighted by molar-refractivity contribution is 0.422. The zero-order valence-electron chi connectivity index (χ0n) is 5.66. The largest absolute Gasteiger partial charge is 0.278 e. The maximum Gasteiger partial charge on any atom is 0.278 e. The van der Waals surface area contributed by atoms with Gasteiger partial charge >= 0.3 is 0 Å². The van der Waals surface area contributed by atoms with Crippen LogP contribution in [0.3, 0.4) is 0 Å². The summed E-state index contributed by atoms with van der Waals surface area (Å²) in [4.78, 5) is 0. The summed E-state index contributed by atoms with van der Waals surface area (Å²) in [5.74, 6) is 4.80. The van der Waals surface area contributed by atoms with E-state index in [4.69, 9.17) is 0 Å². The molecule has 0 spiro atoms. The zero-order chi connectivity index (χ0) is 7.82. The van der Waals surface area contributed by atoms with Gasteiger partial charge in [-0.2, -0.15) is 8.78 Å². The second kappa shape index (κ2) is 6.28. The van der Waals surface area contributed by atoms with Crippen molar-refractivity contribution in [1.82, 2.24) is 0 Å². The molecular formula is C8H9F2. The molecule has 0 saturated heterocycles. The molecule has 0 aromatic carbocycles. The molecule has 10 heavy (non-hydrogen) atoms. The molecule has 0 unspecified atom stereocenters. The first kappa shape index (κ1) is 9.16. The van der Waals surface area contributed by atoms with E-state index < -0.39 is 6.08 Å². The molecule has 0 aliphatic carbocycles. The minimum absolute atomic E-state index is 0.614. The summed E-state index contributed by atoms with van der Waals surface area (Å²) >= 11 is 0. The molecule has 55 valence electrons. The number of unbranched alkanes of at least 4 members (excludes halogenated alkanes) is 2. The van der Waals surface area contributed by atoms with E-state index in [2.05, 4.69) is 18.8 Å². The zero-order valence-corrected chi connectivity index (χ0v) is 5.66. The Hall–Kier alpha value is -0.840. The average molecular weight is 143 g/mol. The fourth-order valence-electron chi connectivity index (χ4n) is 0.391. The van der Waals surface area contributed by atoms with Crippen LogP contribution in [0.15, 0.2) is 12.2 Å². The Bertz CT molecular complexity index is 156. The van der Waals surface area contributed by atoms with Crippen LogP contribution in [0.4, 0.5) is 8.78 Å². The number of allylic oxidation sites excluding steroid dienone is 1. The molecule has 0 aliphatic rings. The van der Waals surface area contributed by atoms with Crippen LogP contribution in [0, 0.1) is 18.8 Å². The van der Waals surface area contributed by atoms with Crippen LogP contribution in [0.2, 0.25) is 0 Å². The molecule has 0 bridgehead atoms. The van der Waals surface area contributed by atoms with Crippen LogP contribution >= 0.6 is 0 Å². The average Bonchev–Trinajstić information content (AvgIpc) is 1.87. The molecule has 0 aromatic heterocycles. The van der Waals surface area contributed by atoms with Crippen LogP contribution in [0.25, 0.3) is 0 Å². The Labute approximate surface area is 59.9 Å². The maximum absolute atomic E-state index is 11.3. The van der Waals surface area contributed by atoms with Crippen molar-refractivity contribution in [3.8, 4) is 11.8 Å². The first-order chi connectivity index (χ1) is 4.77. The van der Waals surface area contributed by atoms with E-state index in [-0.39, 0.29) is 0 Å². The molecule has 0 saturated carbocycles. The van der Waals surface area contributed by atoms with Gasteiger partial charge in [0.05, 0.1) is 6.08 Å². The van der Waals surface area contributed by atoms with Gasteiger partial charge in [-0.15, -0.1) is 0 Å². The van der Waals surface area contributed by atoms with Crippen LogP contribution in [0.1, 0.15) is 19.3 Å². The smallest absolute Gasteiger partial charge is 0.173 e. The van der Waals surface area contributed by atoms with Gasteiger partial charge in [0.25, 0.3) is 6.08 Å². The van der Waals surface area contributed by atoms with Crippen molar-refractivity contribution in [3.05, 3.63) is 19.1 Å². The summed E-state index contributed by atoms with van der Waals surface area (Å²) in [7, 11) is 0. The highest BCUT2D eigenvalue weighted by Gasteiger charge is 1.80. The summed E-state index contributed by atoms with van der Waals surface area (Å²) in [5.41, 5.74) is 0. The highest BCUT2D eigenvalue weighted by atomic mass is 19.3. The summed E-state index contributed by atoms with van der Waals surface area (Å²) in [6.07, 6.45) is 1.20. The summed E-state index contributed by atoms with van der Waals surface area (Å²) < 4.78 is 22.6. The Balaban J connectivity index is 3.41. The van der Waals surface area contributed by atoms with Crippen molar-refractivity contribution in [2.75, 3.05) is 0 Å². The van der Waals surface area contributed by atoms with Crippen molar-refractivity contribution in [1.29, 1.82) is 0 Å². The van der Waals surface area contributed by atoms with Gasteiger partial charge in [0.1, 0.15) is 0 Å². The van der Waals surface area contributed by atoms with Crippen molar-refractivity contribution >= 4 is 0 Å². The van der Waals surface area contributed by atoms with Crippen LogP contribution < -0.4 is 0 Å². The molecule has 0 rings (SSSR count). The van der Waals surface area contributed by atoms with E-state index in [1.165, 1.54) is 0 Å². The van der Waals surface area contributed by atoms with Gasteiger partial charge in [-0.05, 0) is 6.42 Å². The third-order valence-corrected chi connectivity index (χ3v) is 0.835. The number of halogens is 2. The molecule has 0 aromatic rings. The molecule has 0 aliphatic heterocycles. The normalized spacial score (nSPS) is 7.90. The third-order valence-electron chi connectivity index (χ3n) is 0.835. The van der Waals surface area contributed by atoms with Gasteiger partial charge in [-0.25, -0.2) is 0 Å². The fraction of sp³-hybridized carbons (Fsp3) is 0.375. The van der Waals surface area contributed by atoms with E-state index in [1.807, 2.05) is 0 Å². The van der Waals surface area contributed by atoms with Crippen molar-refractivity contribution in [2.24, 2.45) is 0 Å². The van der Waals surface area contributed by atoms with Crippen LogP contribution in [-0.2, 0) is 0 Å². The lowest BCUT2D eigenvalue weighted by atomic mass is 10.2. The minimum Gasteiger partial charge on any atom is -0.173 e. The number of rotatable bonds is 2. The van der Waals surface area contributed by atoms with E-state index in [9.17, 15) is 8.78 Å². The van der Waals surface area contributed by atoms with Gasteiger partial charge in [-0.3, -0.25) is 0 Å². The van der Waals surface area contributed by atoms with E-state index in [0.29, 0.717) is 12.5 Å². The SMILES string of the molecule is [CH2]CCCC#CC=C(F)F. The second-order valence-corrected chi connectivity index (χ2v) is 1.71. The van der Waals surface area contributed by atoms with E-state index in [1.54, 1.807) is 0 Å². The number of hydrogen-bond acceptors (Lipinski definition) is 0. The van der Waals surface area contributed by atoms with Crippen molar-refractivity contribution < 1.29 is 8.78 Å². The lowest BCUT2D eigenvalue weighted by Gasteiger charge is -1.81. The molecule has 0 atom stereocenters. The first-order valence-electron chi connectivity index (χ1n) is 3.06. The van der Waals surface area contributed by atoms with Gasteiger partial charge in [0.2, 0.25) is 0 Å². The standard InChI is InChI=1S/C8H9F2/c1-2-3-4-5-6-7-8(9)10/h7H,1-4H2. The van der Waals surface area contributed by atoms with Crippen molar-refractivity contribution in [2.45, 2.75) is 19.3 Å². The summed E-state index contributed by atoms with van der Waals surface area (Å²) in [6, 6.07) is 0. The molecule has 0 fully saturated rings. The fourth-order valence-corrected chi connectivity index (χ4v) is 0.391. The predicted octanol–water partition coefficient (Wildman–Crippen LogP) is 2.77. The maximum atomic E-state index is 11.3. The third kappa shape index (κ3) is 7.16. The molecule has 0 amide bonds. The highest BCUT2D eigenvalue weighted by Crippen LogP contribution is 1.94. The molecule has 2 heteroatoms. The van der Waals surface area contributed by atoms with Gasteiger partial charge in [-0.1, -0.05) is 25.2 Å². The monoisotopic (exact) mass is 143 g/mol. The quantitative estimate of drug-likeness (QED) is 0.412. The van der Waals surface area contributed by atoms with Crippen LogP contribution in [-0.4, -0.2) is 0 Å². The Morgan fingerprint density at radius 1 is 1.50 bits per heavy atom. The highest BCUT2D eigenvalue weighted by molar-refractivity contribution is 5.15. The Morgan fingerprint density at radius 2 is 2.20 bits per heavy atom. The summed E-state index contributed by atoms with van der Waals surface area (Å²) in [6.45, 7) is 3.59. The predicted molar refractivity (Wildman–Crippen MR) is 37.3 cm³/mol. The number of hydrogen-bond donors (Lipinski definition) is 0. The first-order valence-corrected chi connectivity index (χ1v) is 3.06. The van der Waals surface area contributed by atoms with Gasteiger partial charge < -0.3 is 0 Å². The second-order valence-electron chi connectivity index (χ2n) is 1.71. The Kier molecular flexibility index (Phi) is 5.75. The van der Waals surface area contributed by atoms with E-state index in [0.717, 1.165) is 12.8 Å². The van der Waals surface area contributed by atoms with Crippen LogP contribution in [0.5, 0.6) is 0 Å². The topological polar surface area (TPSA) is 0 Å². The Morgan fingerprint density at radius 3 is 2.70 bits per heavy atom. The van der Waals surface area contributed by atoms with Gasteiger partial charge in [0.15, 0.2) is 0 Å². The lowest BCUT2D eigenvalue weighted by Crippen LogP contribution is -1.66. The molecule has 1 radical (unpaired) electrons. The minimum atomic E-state index is -1.73. The molecule has 0 N–H and O–H groups in total. The molecule has 0 heterocycles. The molecule has 0 nitrogen and oxygen atoms in total. The molecular weight excluding hydrogens is 134 g/mol. The summed E-state index contributed by atoms with van der Waals surface area (Å²) in [5, 5.41) is 0. The van der Waals surface area contributed by atoms with E-state index >= 15 is 0 Å².